The van der Waals surface area contributed by atoms with Crippen molar-refractivity contribution in [3.05, 3.63) is 10.0 Å². The molecule has 0 spiro atoms. The molecule has 0 radical (unpaired) electrons. The third kappa shape index (κ3) is 3.72. The number of hydrogen-bond donors (Lipinski definition) is 2. The van der Waals surface area contributed by atoms with Gasteiger partial charge in [0.15, 0.2) is 5.96 Å². The fourth-order valence-corrected chi connectivity index (χ4v) is 3.40. The van der Waals surface area contributed by atoms with Crippen LogP contribution in [-0.2, 0) is 6.54 Å². The smallest absolute Gasteiger partial charge is 0.191 e. The van der Waals surface area contributed by atoms with Gasteiger partial charge in [-0.15, -0.1) is 34.2 Å². The van der Waals surface area contributed by atoms with E-state index in [1.165, 1.54) is 0 Å². The maximum atomic E-state index is 4.31. The molecule has 1 aliphatic carbocycles. The van der Waals surface area contributed by atoms with Crippen LogP contribution in [-0.4, -0.2) is 29.2 Å². The second-order valence-corrected chi connectivity index (χ2v) is 8.23. The summed E-state index contributed by atoms with van der Waals surface area (Å²) >= 11 is 1.66. The van der Waals surface area contributed by atoms with Gasteiger partial charge in [-0.2, -0.15) is 0 Å². The van der Waals surface area contributed by atoms with Crippen LogP contribution in [0.4, 0.5) is 0 Å². The lowest BCUT2D eigenvalue weighted by atomic mass is 10.0. The Hall–Kier alpha value is -0.440. The third-order valence-electron chi connectivity index (χ3n) is 4.91. The summed E-state index contributed by atoms with van der Waals surface area (Å²) < 4.78 is 0. The Bertz CT molecular complexity index is 522. The standard InChI is InChI=1S/C15H27N5S.HI/c1-9(2)11-20-19-10(21-11)8-17-13(16-7)18-12-14(3,4)15(12,5)6;/h9,12H,8H2,1-7H3,(H2,16,17,18);1H. The second-order valence-electron chi connectivity index (χ2n) is 7.14. The van der Waals surface area contributed by atoms with Crippen molar-refractivity contribution < 1.29 is 0 Å². The molecule has 7 heteroatoms. The van der Waals surface area contributed by atoms with Crippen LogP contribution in [0.15, 0.2) is 4.99 Å². The summed E-state index contributed by atoms with van der Waals surface area (Å²) in [6.07, 6.45) is 0. The van der Waals surface area contributed by atoms with Crippen LogP contribution in [0.3, 0.4) is 0 Å². The number of nitrogens with one attached hydrogen (secondary N) is 2. The number of guanidine groups is 1. The molecule has 0 saturated heterocycles. The molecule has 0 unspecified atom stereocenters. The van der Waals surface area contributed by atoms with Crippen LogP contribution < -0.4 is 10.6 Å². The van der Waals surface area contributed by atoms with Crippen LogP contribution in [0, 0.1) is 10.8 Å². The number of aromatic nitrogens is 2. The van der Waals surface area contributed by atoms with Gasteiger partial charge in [0.2, 0.25) is 0 Å². The van der Waals surface area contributed by atoms with Crippen LogP contribution in [0.2, 0.25) is 0 Å². The lowest BCUT2D eigenvalue weighted by Gasteiger charge is -2.12. The van der Waals surface area contributed by atoms with E-state index in [-0.39, 0.29) is 34.8 Å². The van der Waals surface area contributed by atoms with Gasteiger partial charge in [-0.1, -0.05) is 52.9 Å². The average molecular weight is 437 g/mol. The molecule has 2 N–H and O–H groups in total. The van der Waals surface area contributed by atoms with Crippen molar-refractivity contribution in [3.63, 3.8) is 0 Å². The first-order valence-corrected chi connectivity index (χ1v) is 8.31. The first-order chi connectivity index (χ1) is 9.70. The molecule has 22 heavy (non-hydrogen) atoms. The molecule has 0 amide bonds. The minimum Gasteiger partial charge on any atom is -0.353 e. The fraction of sp³-hybridized carbons (Fsp3) is 0.800. The largest absolute Gasteiger partial charge is 0.353 e. The summed E-state index contributed by atoms with van der Waals surface area (Å²) in [6.45, 7) is 14.1. The second kappa shape index (κ2) is 6.98. The zero-order valence-electron chi connectivity index (χ0n) is 14.5. The Balaban J connectivity index is 0.00000242. The van der Waals surface area contributed by atoms with E-state index in [2.05, 4.69) is 67.4 Å². The van der Waals surface area contributed by atoms with Gasteiger partial charge in [0.1, 0.15) is 10.0 Å². The summed E-state index contributed by atoms with van der Waals surface area (Å²) in [5.74, 6) is 1.27. The minimum atomic E-state index is 0. The number of rotatable bonds is 4. The van der Waals surface area contributed by atoms with E-state index < -0.39 is 0 Å². The molecule has 2 rings (SSSR count). The zero-order chi connectivity index (χ0) is 15.8. The summed E-state index contributed by atoms with van der Waals surface area (Å²) in [5, 5.41) is 17.4. The molecule has 1 fully saturated rings. The van der Waals surface area contributed by atoms with Crippen molar-refractivity contribution in [3.8, 4) is 0 Å². The predicted molar refractivity (Wildman–Crippen MR) is 104 cm³/mol. The fourth-order valence-electron chi connectivity index (χ4n) is 2.62. The van der Waals surface area contributed by atoms with E-state index in [0.717, 1.165) is 16.0 Å². The van der Waals surface area contributed by atoms with Gasteiger partial charge >= 0.3 is 0 Å². The molecule has 0 aliphatic heterocycles. The van der Waals surface area contributed by atoms with Gasteiger partial charge in [0, 0.05) is 19.0 Å². The Morgan fingerprint density at radius 1 is 1.23 bits per heavy atom. The summed E-state index contributed by atoms with van der Waals surface area (Å²) in [7, 11) is 1.80. The molecule has 0 aromatic carbocycles. The first kappa shape index (κ1) is 19.6. The summed E-state index contributed by atoms with van der Waals surface area (Å²) in [6, 6.07) is 0.442. The minimum absolute atomic E-state index is 0. The van der Waals surface area contributed by atoms with Gasteiger partial charge in [0.05, 0.1) is 6.54 Å². The molecule has 126 valence electrons. The SMILES string of the molecule is CN=C(NCc1nnc(C(C)C)s1)NC1C(C)(C)C1(C)C.I. The number of hydrogen-bond acceptors (Lipinski definition) is 4. The van der Waals surface area contributed by atoms with Gasteiger partial charge in [-0.05, 0) is 10.8 Å². The highest BCUT2D eigenvalue weighted by Crippen LogP contribution is 2.62. The van der Waals surface area contributed by atoms with E-state index in [9.17, 15) is 0 Å². The molecule has 0 atom stereocenters. The van der Waals surface area contributed by atoms with Crippen molar-refractivity contribution in [1.29, 1.82) is 0 Å². The number of aliphatic imine (C=N–C) groups is 1. The molecule has 1 aliphatic rings. The van der Waals surface area contributed by atoms with Crippen LogP contribution in [0.1, 0.15) is 57.5 Å². The van der Waals surface area contributed by atoms with E-state index in [0.29, 0.717) is 18.5 Å². The lowest BCUT2D eigenvalue weighted by molar-refractivity contribution is 0.457. The van der Waals surface area contributed by atoms with Crippen molar-refractivity contribution >= 4 is 41.3 Å². The maximum absolute atomic E-state index is 4.31. The topological polar surface area (TPSA) is 62.2 Å². The van der Waals surface area contributed by atoms with E-state index in [1.807, 2.05) is 0 Å². The van der Waals surface area contributed by atoms with Crippen molar-refractivity contribution in [2.24, 2.45) is 15.8 Å². The highest BCUT2D eigenvalue weighted by Gasteiger charge is 2.65. The molecular formula is C15H28IN5S. The Labute approximate surface area is 154 Å². The Morgan fingerprint density at radius 3 is 2.23 bits per heavy atom. The van der Waals surface area contributed by atoms with Crippen LogP contribution in [0.25, 0.3) is 0 Å². The first-order valence-electron chi connectivity index (χ1n) is 7.49. The van der Waals surface area contributed by atoms with Crippen LogP contribution in [0.5, 0.6) is 0 Å². The third-order valence-corrected chi connectivity index (χ3v) is 6.13. The number of nitrogens with zero attached hydrogens (tertiary/aromatic N) is 3. The Kier molecular flexibility index (Phi) is 6.22. The van der Waals surface area contributed by atoms with Gasteiger partial charge in [-0.25, -0.2) is 0 Å². The van der Waals surface area contributed by atoms with Gasteiger partial charge < -0.3 is 10.6 Å². The molecular weight excluding hydrogens is 409 g/mol. The highest BCUT2D eigenvalue weighted by molar-refractivity contribution is 14.0. The molecule has 1 heterocycles. The van der Waals surface area contributed by atoms with Crippen LogP contribution >= 0.6 is 35.3 Å². The maximum Gasteiger partial charge on any atom is 0.191 e. The normalized spacial score (nSPS) is 19.7. The van der Waals surface area contributed by atoms with E-state index in [4.69, 9.17) is 0 Å². The molecule has 1 aromatic rings. The lowest BCUT2D eigenvalue weighted by Crippen LogP contribution is -2.40. The van der Waals surface area contributed by atoms with Crippen molar-refractivity contribution in [1.82, 2.24) is 20.8 Å². The molecule has 5 nitrogen and oxygen atoms in total. The predicted octanol–water partition coefficient (Wildman–Crippen LogP) is 3.38. The van der Waals surface area contributed by atoms with Gasteiger partial charge in [-0.3, -0.25) is 4.99 Å². The summed E-state index contributed by atoms with van der Waals surface area (Å²) in [5.41, 5.74) is 0.580. The van der Waals surface area contributed by atoms with Crippen molar-refractivity contribution in [2.75, 3.05) is 7.05 Å². The van der Waals surface area contributed by atoms with E-state index in [1.54, 1.807) is 18.4 Å². The van der Waals surface area contributed by atoms with E-state index >= 15 is 0 Å². The quantitative estimate of drug-likeness (QED) is 0.431. The highest BCUT2D eigenvalue weighted by atomic mass is 127. The molecule has 1 saturated carbocycles. The molecule has 1 aromatic heterocycles. The zero-order valence-corrected chi connectivity index (χ0v) is 17.7. The average Bonchev–Trinajstić information content (AvgIpc) is 2.78. The summed E-state index contributed by atoms with van der Waals surface area (Å²) in [4.78, 5) is 4.31. The van der Waals surface area contributed by atoms with Gasteiger partial charge in [0.25, 0.3) is 0 Å². The molecule has 0 bridgehead atoms. The van der Waals surface area contributed by atoms with Crippen molar-refractivity contribution in [2.45, 2.75) is 60.0 Å². The number of halogens is 1. The monoisotopic (exact) mass is 437 g/mol. The Morgan fingerprint density at radius 2 is 1.82 bits per heavy atom.